The molecule has 0 aliphatic heterocycles. The number of hydrogen-bond donors (Lipinski definition) is 1. The van der Waals surface area contributed by atoms with E-state index in [0.717, 1.165) is 4.88 Å². The molecular formula is C13H19NO3S. The van der Waals surface area contributed by atoms with Crippen LogP contribution in [0.15, 0.2) is 12.1 Å². The van der Waals surface area contributed by atoms with Crippen LogP contribution in [0.3, 0.4) is 0 Å². The Morgan fingerprint density at radius 2 is 1.94 bits per heavy atom. The predicted octanol–water partition coefficient (Wildman–Crippen LogP) is 2.52. The second-order valence-corrected chi connectivity index (χ2v) is 6.43. The number of carbonyl (C=O) groups excluding carboxylic acids is 2. The van der Waals surface area contributed by atoms with Gasteiger partial charge in [-0.3, -0.25) is 4.79 Å². The van der Waals surface area contributed by atoms with E-state index in [1.54, 1.807) is 33.8 Å². The maximum Gasteiger partial charge on any atom is 0.328 e. The molecule has 1 amide bonds. The molecular weight excluding hydrogens is 250 g/mol. The van der Waals surface area contributed by atoms with E-state index >= 15 is 0 Å². The summed E-state index contributed by atoms with van der Waals surface area (Å²) < 4.78 is 5.19. The average Bonchev–Trinajstić information content (AvgIpc) is 2.62. The maximum atomic E-state index is 11.8. The van der Waals surface area contributed by atoms with E-state index in [1.807, 2.05) is 13.0 Å². The lowest BCUT2D eigenvalue weighted by molar-refractivity contribution is -0.156. The fourth-order valence-corrected chi connectivity index (χ4v) is 2.04. The van der Waals surface area contributed by atoms with Crippen LogP contribution in [0, 0.1) is 6.92 Å². The first-order valence-corrected chi connectivity index (χ1v) is 6.61. The van der Waals surface area contributed by atoms with E-state index in [2.05, 4.69) is 5.32 Å². The minimum absolute atomic E-state index is 0.244. The van der Waals surface area contributed by atoms with Gasteiger partial charge in [0.1, 0.15) is 11.6 Å². The lowest BCUT2D eigenvalue weighted by atomic mass is 10.2. The monoisotopic (exact) mass is 269 g/mol. The molecule has 1 atom stereocenters. The van der Waals surface area contributed by atoms with Crippen molar-refractivity contribution in [1.29, 1.82) is 0 Å². The molecule has 5 heteroatoms. The Balaban J connectivity index is 2.57. The summed E-state index contributed by atoms with van der Waals surface area (Å²) in [6.45, 7) is 8.93. The van der Waals surface area contributed by atoms with Crippen LogP contribution in [0.2, 0.25) is 0 Å². The van der Waals surface area contributed by atoms with Crippen LogP contribution in [0.1, 0.15) is 42.2 Å². The van der Waals surface area contributed by atoms with E-state index in [-0.39, 0.29) is 5.91 Å². The Hall–Kier alpha value is -1.36. The Morgan fingerprint density at radius 1 is 1.33 bits per heavy atom. The predicted molar refractivity (Wildman–Crippen MR) is 71.8 cm³/mol. The molecule has 0 fully saturated rings. The van der Waals surface area contributed by atoms with Crippen molar-refractivity contribution in [2.75, 3.05) is 0 Å². The quantitative estimate of drug-likeness (QED) is 0.858. The standard InChI is InChI=1S/C13H19NO3S/c1-8-6-7-10(18-8)11(15)14-9(2)12(16)17-13(3,4)5/h6-7,9H,1-5H3,(H,14,15)/t9-/m0/s1. The number of ether oxygens (including phenoxy) is 1. The summed E-state index contributed by atoms with van der Waals surface area (Å²) in [4.78, 5) is 25.2. The van der Waals surface area contributed by atoms with Crippen molar-refractivity contribution in [3.05, 3.63) is 21.9 Å². The fourth-order valence-electron chi connectivity index (χ4n) is 1.27. The van der Waals surface area contributed by atoms with Crippen molar-refractivity contribution in [2.24, 2.45) is 0 Å². The Labute approximate surface area is 111 Å². The van der Waals surface area contributed by atoms with E-state index in [4.69, 9.17) is 4.74 Å². The summed E-state index contributed by atoms with van der Waals surface area (Å²) in [5, 5.41) is 2.63. The molecule has 0 bridgehead atoms. The molecule has 18 heavy (non-hydrogen) atoms. The van der Waals surface area contributed by atoms with Gasteiger partial charge in [0.15, 0.2) is 0 Å². The minimum Gasteiger partial charge on any atom is -0.458 e. The van der Waals surface area contributed by atoms with Crippen molar-refractivity contribution in [2.45, 2.75) is 46.3 Å². The SMILES string of the molecule is Cc1ccc(C(=O)N[C@@H](C)C(=O)OC(C)(C)C)s1. The van der Waals surface area contributed by atoms with Crippen LogP contribution in [-0.4, -0.2) is 23.5 Å². The number of aryl methyl sites for hydroxylation is 1. The molecule has 0 saturated heterocycles. The number of amides is 1. The second-order valence-electron chi connectivity index (χ2n) is 5.14. The zero-order chi connectivity index (χ0) is 13.9. The topological polar surface area (TPSA) is 55.4 Å². The van der Waals surface area contributed by atoms with Crippen LogP contribution < -0.4 is 5.32 Å². The highest BCUT2D eigenvalue weighted by molar-refractivity contribution is 7.13. The van der Waals surface area contributed by atoms with Crippen molar-refractivity contribution >= 4 is 23.2 Å². The van der Waals surface area contributed by atoms with Gasteiger partial charge in [-0.25, -0.2) is 4.79 Å². The summed E-state index contributed by atoms with van der Waals surface area (Å²) >= 11 is 1.40. The second kappa shape index (κ2) is 5.52. The van der Waals surface area contributed by atoms with Gasteiger partial charge in [0.05, 0.1) is 4.88 Å². The molecule has 0 radical (unpaired) electrons. The number of thiophene rings is 1. The van der Waals surface area contributed by atoms with Gasteiger partial charge in [0.2, 0.25) is 0 Å². The highest BCUT2D eigenvalue weighted by Gasteiger charge is 2.23. The van der Waals surface area contributed by atoms with Gasteiger partial charge in [0, 0.05) is 4.88 Å². The van der Waals surface area contributed by atoms with Crippen molar-refractivity contribution in [3.8, 4) is 0 Å². The first-order valence-electron chi connectivity index (χ1n) is 5.79. The summed E-state index contributed by atoms with van der Waals surface area (Å²) in [6, 6.07) is 2.97. The van der Waals surface area contributed by atoms with Crippen LogP contribution >= 0.6 is 11.3 Å². The number of esters is 1. The van der Waals surface area contributed by atoms with Crippen LogP contribution in [0.25, 0.3) is 0 Å². The number of carbonyl (C=O) groups is 2. The Bertz CT molecular complexity index is 445. The molecule has 1 heterocycles. The summed E-state index contributed by atoms with van der Waals surface area (Å²) in [5.74, 6) is -0.671. The van der Waals surface area contributed by atoms with Crippen molar-refractivity contribution in [3.63, 3.8) is 0 Å². The summed E-state index contributed by atoms with van der Waals surface area (Å²) in [5.41, 5.74) is -0.546. The highest BCUT2D eigenvalue weighted by atomic mass is 32.1. The lowest BCUT2D eigenvalue weighted by Gasteiger charge is -2.22. The lowest BCUT2D eigenvalue weighted by Crippen LogP contribution is -2.42. The van der Waals surface area contributed by atoms with E-state index in [1.165, 1.54) is 11.3 Å². The Kier molecular flexibility index (Phi) is 4.51. The first kappa shape index (κ1) is 14.7. The molecule has 0 aliphatic carbocycles. The number of hydrogen-bond acceptors (Lipinski definition) is 4. The third-order valence-corrected chi connectivity index (χ3v) is 3.07. The van der Waals surface area contributed by atoms with Crippen molar-refractivity contribution < 1.29 is 14.3 Å². The molecule has 1 N–H and O–H groups in total. The summed E-state index contributed by atoms with van der Waals surface area (Å²) in [6.07, 6.45) is 0. The molecule has 1 aromatic heterocycles. The van der Waals surface area contributed by atoms with Gasteiger partial charge >= 0.3 is 5.97 Å². The molecule has 1 rings (SSSR count). The number of rotatable bonds is 3. The van der Waals surface area contributed by atoms with Crippen LogP contribution in [0.5, 0.6) is 0 Å². The maximum absolute atomic E-state index is 11.8. The number of nitrogens with one attached hydrogen (secondary N) is 1. The largest absolute Gasteiger partial charge is 0.458 e. The van der Waals surface area contributed by atoms with Gasteiger partial charge < -0.3 is 10.1 Å². The molecule has 4 nitrogen and oxygen atoms in total. The Morgan fingerprint density at radius 3 is 2.39 bits per heavy atom. The molecule has 0 unspecified atom stereocenters. The zero-order valence-corrected chi connectivity index (χ0v) is 12.2. The van der Waals surface area contributed by atoms with Gasteiger partial charge in [-0.15, -0.1) is 11.3 Å². The highest BCUT2D eigenvalue weighted by Crippen LogP contribution is 2.15. The molecule has 0 saturated carbocycles. The molecule has 100 valence electrons. The van der Waals surface area contributed by atoms with Crippen LogP contribution in [-0.2, 0) is 9.53 Å². The molecule has 0 aromatic carbocycles. The average molecular weight is 269 g/mol. The minimum atomic E-state index is -0.654. The van der Waals surface area contributed by atoms with Crippen molar-refractivity contribution in [1.82, 2.24) is 5.32 Å². The van der Waals surface area contributed by atoms with Gasteiger partial charge in [0.25, 0.3) is 5.91 Å². The third kappa shape index (κ3) is 4.49. The van der Waals surface area contributed by atoms with Gasteiger partial charge in [-0.2, -0.15) is 0 Å². The third-order valence-electron chi connectivity index (χ3n) is 2.07. The van der Waals surface area contributed by atoms with E-state index in [9.17, 15) is 9.59 Å². The molecule has 0 spiro atoms. The first-order chi connectivity index (χ1) is 8.19. The zero-order valence-electron chi connectivity index (χ0n) is 11.4. The molecule has 1 aromatic rings. The molecule has 0 aliphatic rings. The van der Waals surface area contributed by atoms with Gasteiger partial charge in [-0.05, 0) is 46.8 Å². The normalized spacial score (nSPS) is 12.9. The summed E-state index contributed by atoms with van der Waals surface area (Å²) in [7, 11) is 0. The van der Waals surface area contributed by atoms with E-state index < -0.39 is 17.6 Å². The van der Waals surface area contributed by atoms with E-state index in [0.29, 0.717) is 4.88 Å². The van der Waals surface area contributed by atoms with Gasteiger partial charge in [-0.1, -0.05) is 0 Å². The van der Waals surface area contributed by atoms with Crippen LogP contribution in [0.4, 0.5) is 0 Å². The fraction of sp³-hybridized carbons (Fsp3) is 0.538. The smallest absolute Gasteiger partial charge is 0.328 e.